The SMILES string of the molecule is CCC(CC)n1cc(-c2nc(-c3cnn(/C=C4\CCC[C@@H]4O)c3)cn3nccc23)cn1. The van der Waals surface area contributed by atoms with Crippen LogP contribution in [0.15, 0.2) is 48.8 Å². The van der Waals surface area contributed by atoms with Crippen LogP contribution in [0.25, 0.3) is 34.2 Å². The van der Waals surface area contributed by atoms with Gasteiger partial charge in [0.05, 0.1) is 53.8 Å². The van der Waals surface area contributed by atoms with Gasteiger partial charge in [-0.3, -0.25) is 4.68 Å². The standard InChI is InChI=1S/C23H27N7O/c1-3-19(4-2)29-14-18(11-26-29)23-21-8-9-24-30(21)15-20(27-23)17-10-25-28(13-17)12-16-6-5-7-22(16)31/h8-15,19,22,31H,3-7H2,1-2H3/b16-12+/t22-/m0/s1. The van der Waals surface area contributed by atoms with Crippen molar-refractivity contribution in [2.75, 3.05) is 0 Å². The zero-order chi connectivity index (χ0) is 21.4. The molecule has 160 valence electrons. The van der Waals surface area contributed by atoms with Crippen LogP contribution in [0.1, 0.15) is 52.0 Å². The maximum absolute atomic E-state index is 10.1. The van der Waals surface area contributed by atoms with Crippen molar-refractivity contribution in [1.29, 1.82) is 0 Å². The number of nitrogens with zero attached hydrogens (tertiary/aromatic N) is 7. The van der Waals surface area contributed by atoms with E-state index in [1.807, 2.05) is 40.1 Å². The van der Waals surface area contributed by atoms with Gasteiger partial charge >= 0.3 is 0 Å². The monoisotopic (exact) mass is 417 g/mol. The highest BCUT2D eigenvalue weighted by atomic mass is 16.3. The lowest BCUT2D eigenvalue weighted by molar-refractivity contribution is 0.218. The minimum Gasteiger partial charge on any atom is -0.389 e. The Morgan fingerprint density at radius 1 is 1.10 bits per heavy atom. The first-order chi connectivity index (χ1) is 15.2. The second-order valence-electron chi connectivity index (χ2n) is 8.14. The Kier molecular flexibility index (Phi) is 5.15. The summed E-state index contributed by atoms with van der Waals surface area (Å²) in [6.45, 7) is 4.36. The van der Waals surface area contributed by atoms with E-state index in [2.05, 4.69) is 35.3 Å². The molecule has 5 rings (SSSR count). The van der Waals surface area contributed by atoms with Crippen molar-refractivity contribution >= 4 is 11.7 Å². The fourth-order valence-electron chi connectivity index (χ4n) is 4.31. The molecule has 1 aliphatic carbocycles. The molecule has 31 heavy (non-hydrogen) atoms. The van der Waals surface area contributed by atoms with E-state index in [1.165, 1.54) is 0 Å². The van der Waals surface area contributed by atoms with Crippen molar-refractivity contribution in [3.63, 3.8) is 0 Å². The van der Waals surface area contributed by atoms with Gasteiger partial charge < -0.3 is 5.11 Å². The molecule has 0 unspecified atom stereocenters. The molecule has 4 heterocycles. The summed E-state index contributed by atoms with van der Waals surface area (Å²) in [5, 5.41) is 23.6. The molecule has 1 atom stereocenters. The average Bonchev–Trinajstić information content (AvgIpc) is 3.57. The first-order valence-corrected chi connectivity index (χ1v) is 11.0. The van der Waals surface area contributed by atoms with Crippen LogP contribution < -0.4 is 0 Å². The molecule has 1 saturated carbocycles. The molecule has 4 aromatic rings. The van der Waals surface area contributed by atoms with E-state index in [0.717, 1.165) is 65.7 Å². The van der Waals surface area contributed by atoms with Gasteiger partial charge in [-0.05, 0) is 43.7 Å². The van der Waals surface area contributed by atoms with Crippen LogP contribution in [0.3, 0.4) is 0 Å². The van der Waals surface area contributed by atoms with Crippen molar-refractivity contribution in [3.8, 4) is 22.5 Å². The van der Waals surface area contributed by atoms with Crippen LogP contribution in [-0.2, 0) is 0 Å². The zero-order valence-corrected chi connectivity index (χ0v) is 17.9. The minimum absolute atomic E-state index is 0.357. The smallest absolute Gasteiger partial charge is 0.0999 e. The summed E-state index contributed by atoms with van der Waals surface area (Å²) in [6.07, 6.45) is 17.8. The van der Waals surface area contributed by atoms with E-state index < -0.39 is 0 Å². The lowest BCUT2D eigenvalue weighted by Gasteiger charge is -2.12. The molecule has 1 aliphatic rings. The molecule has 0 aliphatic heterocycles. The summed E-state index contributed by atoms with van der Waals surface area (Å²) in [5.74, 6) is 0. The van der Waals surface area contributed by atoms with Crippen LogP contribution in [0, 0.1) is 0 Å². The Morgan fingerprint density at radius 3 is 2.71 bits per heavy atom. The number of hydrogen-bond acceptors (Lipinski definition) is 5. The van der Waals surface area contributed by atoms with Gasteiger partial charge in [-0.15, -0.1) is 0 Å². The summed E-state index contributed by atoms with van der Waals surface area (Å²) >= 11 is 0. The first-order valence-electron chi connectivity index (χ1n) is 11.0. The normalized spacial score (nSPS) is 18.1. The molecule has 8 heteroatoms. The maximum Gasteiger partial charge on any atom is 0.0999 e. The van der Waals surface area contributed by atoms with Crippen LogP contribution in [0.5, 0.6) is 0 Å². The highest BCUT2D eigenvalue weighted by Gasteiger charge is 2.19. The molecule has 8 nitrogen and oxygen atoms in total. The largest absolute Gasteiger partial charge is 0.389 e. The molecule has 1 fully saturated rings. The Hall–Kier alpha value is -3.26. The predicted molar refractivity (Wildman–Crippen MR) is 119 cm³/mol. The van der Waals surface area contributed by atoms with Crippen molar-refractivity contribution in [1.82, 2.24) is 34.2 Å². The van der Waals surface area contributed by atoms with Crippen LogP contribution >= 0.6 is 0 Å². The summed E-state index contributed by atoms with van der Waals surface area (Å²) in [5.41, 5.74) is 5.48. The van der Waals surface area contributed by atoms with E-state index in [4.69, 9.17) is 4.98 Å². The van der Waals surface area contributed by atoms with Gasteiger partial charge in [0, 0.05) is 29.7 Å². The van der Waals surface area contributed by atoms with Crippen LogP contribution in [0.4, 0.5) is 0 Å². The summed E-state index contributed by atoms with van der Waals surface area (Å²) < 4.78 is 5.65. The predicted octanol–water partition coefficient (Wildman–Crippen LogP) is 4.20. The van der Waals surface area contributed by atoms with Crippen molar-refractivity contribution < 1.29 is 5.11 Å². The van der Waals surface area contributed by atoms with E-state index in [1.54, 1.807) is 17.1 Å². The van der Waals surface area contributed by atoms with Crippen LogP contribution in [-0.4, -0.2) is 45.4 Å². The molecule has 1 N–H and O–H groups in total. The highest BCUT2D eigenvalue weighted by molar-refractivity contribution is 5.78. The Labute approximate surface area is 180 Å². The molecular weight excluding hydrogens is 390 g/mol. The van der Waals surface area contributed by atoms with Gasteiger partial charge in [-0.1, -0.05) is 13.8 Å². The number of hydrogen-bond donors (Lipinski definition) is 1. The molecule has 0 amide bonds. The Bertz CT molecular complexity index is 1230. The summed E-state index contributed by atoms with van der Waals surface area (Å²) in [6, 6.07) is 2.35. The Balaban J connectivity index is 1.53. The fraction of sp³-hybridized carbons (Fsp3) is 0.391. The quantitative estimate of drug-likeness (QED) is 0.508. The number of aliphatic hydroxyl groups is 1. The third-order valence-corrected chi connectivity index (χ3v) is 6.15. The molecule has 0 aromatic carbocycles. The average molecular weight is 418 g/mol. The van der Waals surface area contributed by atoms with Gasteiger partial charge in [-0.25, -0.2) is 14.2 Å². The van der Waals surface area contributed by atoms with Gasteiger partial charge in [0.15, 0.2) is 0 Å². The van der Waals surface area contributed by atoms with E-state index in [-0.39, 0.29) is 6.10 Å². The molecule has 0 bridgehead atoms. The van der Waals surface area contributed by atoms with E-state index in [0.29, 0.717) is 6.04 Å². The third-order valence-electron chi connectivity index (χ3n) is 6.15. The van der Waals surface area contributed by atoms with Crippen molar-refractivity contribution in [2.24, 2.45) is 0 Å². The summed E-state index contributed by atoms with van der Waals surface area (Å²) in [4.78, 5) is 4.96. The van der Waals surface area contributed by atoms with Crippen molar-refractivity contribution in [3.05, 3.63) is 48.8 Å². The van der Waals surface area contributed by atoms with Gasteiger partial charge in [0.25, 0.3) is 0 Å². The third kappa shape index (κ3) is 3.67. The molecule has 0 spiro atoms. The van der Waals surface area contributed by atoms with Crippen LogP contribution in [0.2, 0.25) is 0 Å². The van der Waals surface area contributed by atoms with Gasteiger partial charge in [0.2, 0.25) is 0 Å². The summed E-state index contributed by atoms with van der Waals surface area (Å²) in [7, 11) is 0. The van der Waals surface area contributed by atoms with E-state index in [9.17, 15) is 5.11 Å². The fourth-order valence-corrected chi connectivity index (χ4v) is 4.31. The zero-order valence-electron chi connectivity index (χ0n) is 17.9. The van der Waals surface area contributed by atoms with Crippen molar-refractivity contribution in [2.45, 2.75) is 58.1 Å². The maximum atomic E-state index is 10.1. The molecular formula is C23H27N7O. The first kappa shape index (κ1) is 19.7. The highest BCUT2D eigenvalue weighted by Crippen LogP contribution is 2.29. The van der Waals surface area contributed by atoms with Gasteiger partial charge in [-0.2, -0.15) is 15.3 Å². The minimum atomic E-state index is -0.357. The second-order valence-corrected chi connectivity index (χ2v) is 8.14. The molecule has 0 saturated heterocycles. The second kappa shape index (κ2) is 8.11. The topological polar surface area (TPSA) is 86.1 Å². The number of aromatic nitrogens is 7. The lowest BCUT2D eigenvalue weighted by Crippen LogP contribution is -2.06. The number of aliphatic hydroxyl groups excluding tert-OH is 1. The Morgan fingerprint density at radius 2 is 1.94 bits per heavy atom. The number of rotatable bonds is 6. The molecule has 0 radical (unpaired) electrons. The lowest BCUT2D eigenvalue weighted by atomic mass is 10.1. The number of fused-ring (bicyclic) bond motifs is 1. The van der Waals surface area contributed by atoms with Gasteiger partial charge in [0.1, 0.15) is 0 Å². The van der Waals surface area contributed by atoms with E-state index >= 15 is 0 Å². The molecule has 4 aromatic heterocycles.